The molecule has 8 aromatic carbocycles. The van der Waals surface area contributed by atoms with E-state index in [1.165, 1.54) is 83.2 Å². The Balaban J connectivity index is 1.06. The van der Waals surface area contributed by atoms with Gasteiger partial charge in [-0.1, -0.05) is 188 Å². The van der Waals surface area contributed by atoms with E-state index in [0.29, 0.717) is 5.92 Å². The van der Waals surface area contributed by atoms with E-state index >= 15 is 0 Å². The summed E-state index contributed by atoms with van der Waals surface area (Å²) in [4.78, 5) is 2.51. The zero-order valence-electron chi connectivity index (χ0n) is 33.4. The van der Waals surface area contributed by atoms with Gasteiger partial charge >= 0.3 is 0 Å². The van der Waals surface area contributed by atoms with Crippen LogP contribution in [0.25, 0.3) is 49.7 Å². The summed E-state index contributed by atoms with van der Waals surface area (Å²) in [6, 6.07) is 69.8. The van der Waals surface area contributed by atoms with E-state index in [9.17, 15) is 0 Å². The van der Waals surface area contributed by atoms with Crippen molar-refractivity contribution in [1.82, 2.24) is 0 Å². The maximum absolute atomic E-state index is 2.56. The second-order valence-electron chi connectivity index (χ2n) is 16.6. The number of nitrogens with zero attached hydrogens (tertiary/aromatic N) is 1. The van der Waals surface area contributed by atoms with Crippen LogP contribution in [0.3, 0.4) is 0 Å². The molecule has 4 aliphatic carbocycles. The Bertz CT molecular complexity index is 3090. The molecule has 0 aliphatic heterocycles. The molecule has 12 rings (SSSR count). The highest BCUT2D eigenvalue weighted by Gasteiger charge is 2.58. The lowest BCUT2D eigenvalue weighted by Gasteiger charge is -2.37. The molecule has 3 atom stereocenters. The second kappa shape index (κ2) is 14.0. The van der Waals surface area contributed by atoms with Crippen LogP contribution in [-0.4, -0.2) is 0 Å². The topological polar surface area (TPSA) is 3.24 Å². The smallest absolute Gasteiger partial charge is 0.0546 e. The largest absolute Gasteiger partial charge is 0.310 e. The molecule has 60 heavy (non-hydrogen) atoms. The summed E-state index contributed by atoms with van der Waals surface area (Å²) in [6.45, 7) is 0. The van der Waals surface area contributed by atoms with Crippen molar-refractivity contribution in [2.24, 2.45) is 5.92 Å². The lowest BCUT2D eigenvalue weighted by Crippen LogP contribution is -2.33. The van der Waals surface area contributed by atoms with Gasteiger partial charge in [0.2, 0.25) is 0 Å². The van der Waals surface area contributed by atoms with Gasteiger partial charge in [0.05, 0.1) is 11.1 Å². The fraction of sp³-hybridized carbons (Fsp3) is 0.0847. The maximum Gasteiger partial charge on any atom is 0.0546 e. The summed E-state index contributed by atoms with van der Waals surface area (Å²) in [6.07, 6.45) is 16.8. The lowest BCUT2D eigenvalue weighted by molar-refractivity contribution is 0.464. The Hall–Kier alpha value is -7.22. The summed E-state index contributed by atoms with van der Waals surface area (Å²) in [5, 5.41) is 2.48. The number of hydrogen-bond acceptors (Lipinski definition) is 1. The fourth-order valence-corrected chi connectivity index (χ4v) is 11.1. The molecular weight excluding hydrogens is 723 g/mol. The number of benzene rings is 8. The van der Waals surface area contributed by atoms with E-state index in [1.54, 1.807) is 0 Å². The molecule has 0 aromatic heterocycles. The molecule has 0 radical (unpaired) electrons. The van der Waals surface area contributed by atoms with Crippen LogP contribution in [0.4, 0.5) is 17.1 Å². The van der Waals surface area contributed by atoms with Crippen molar-refractivity contribution in [2.45, 2.75) is 24.2 Å². The highest BCUT2D eigenvalue weighted by atomic mass is 15.1. The highest BCUT2D eigenvalue weighted by Crippen LogP contribution is 2.67. The second-order valence-corrected chi connectivity index (χ2v) is 16.6. The van der Waals surface area contributed by atoms with Crippen LogP contribution in [0.1, 0.15) is 41.0 Å². The van der Waals surface area contributed by atoms with Gasteiger partial charge in [0.15, 0.2) is 0 Å². The third-order valence-corrected chi connectivity index (χ3v) is 13.6. The van der Waals surface area contributed by atoms with Crippen molar-refractivity contribution in [3.8, 4) is 33.4 Å². The standard InChI is InChI=1S/C59H43N/c1-3-16-40(17-4-1)44-21-15-22-45(38-44)41-30-33-46(34-31-41)60(57-37-32-42-18-7-8-23-48(42)58(57)43-19-5-2-6-20-43)47-35-36-56-52(39-47)51-26-11-14-29-55(51)59(56)53-27-12-9-24-49(53)50-25-10-13-28-54(50)59/h1-9,11-12,14-39,51,55H,10,13H2. The van der Waals surface area contributed by atoms with Crippen LogP contribution in [0.5, 0.6) is 0 Å². The van der Waals surface area contributed by atoms with Gasteiger partial charge in [-0.05, 0) is 121 Å². The van der Waals surface area contributed by atoms with E-state index in [4.69, 9.17) is 0 Å². The van der Waals surface area contributed by atoms with Gasteiger partial charge < -0.3 is 4.90 Å². The SMILES string of the molecule is C1=CC2c3cc(N(c4ccc(-c5cccc(-c6ccccc6)c5)cc4)c4ccc5ccccc5c4-c4ccccc4)ccc3C3(C4=CCCC=C4c4ccccc43)C2C=C1. The monoisotopic (exact) mass is 765 g/mol. The van der Waals surface area contributed by atoms with Crippen molar-refractivity contribution in [1.29, 1.82) is 0 Å². The molecular formula is C59H43N. The summed E-state index contributed by atoms with van der Waals surface area (Å²) in [5.41, 5.74) is 19.2. The lowest BCUT2D eigenvalue weighted by atomic mass is 9.64. The fourth-order valence-electron chi connectivity index (χ4n) is 11.1. The molecule has 0 heterocycles. The van der Waals surface area contributed by atoms with Crippen molar-refractivity contribution in [3.63, 3.8) is 0 Å². The van der Waals surface area contributed by atoms with E-state index in [0.717, 1.165) is 24.2 Å². The van der Waals surface area contributed by atoms with Crippen LogP contribution in [0.2, 0.25) is 0 Å². The summed E-state index contributed by atoms with van der Waals surface area (Å²) in [5.74, 6) is 0.551. The summed E-state index contributed by atoms with van der Waals surface area (Å²) in [7, 11) is 0. The molecule has 4 aliphatic rings. The van der Waals surface area contributed by atoms with Gasteiger partial charge in [0.25, 0.3) is 0 Å². The Morgan fingerprint density at radius 3 is 1.97 bits per heavy atom. The van der Waals surface area contributed by atoms with E-state index in [2.05, 4.69) is 229 Å². The molecule has 8 aromatic rings. The van der Waals surface area contributed by atoms with Gasteiger partial charge in [0.1, 0.15) is 0 Å². The highest BCUT2D eigenvalue weighted by molar-refractivity contribution is 6.05. The third kappa shape index (κ3) is 5.25. The normalized spacial score (nSPS) is 19.3. The molecule has 0 saturated heterocycles. The average molecular weight is 766 g/mol. The molecule has 1 heteroatoms. The van der Waals surface area contributed by atoms with Crippen LogP contribution in [0.15, 0.2) is 230 Å². The third-order valence-electron chi connectivity index (χ3n) is 13.6. The predicted molar refractivity (Wildman–Crippen MR) is 252 cm³/mol. The molecule has 0 N–H and O–H groups in total. The quantitative estimate of drug-likeness (QED) is 0.163. The zero-order chi connectivity index (χ0) is 39.6. The van der Waals surface area contributed by atoms with E-state index < -0.39 is 0 Å². The van der Waals surface area contributed by atoms with Crippen molar-refractivity contribution in [2.75, 3.05) is 4.90 Å². The molecule has 0 saturated carbocycles. The van der Waals surface area contributed by atoms with Crippen LogP contribution < -0.4 is 4.90 Å². The Morgan fingerprint density at radius 1 is 0.467 bits per heavy atom. The van der Waals surface area contributed by atoms with Crippen LogP contribution in [-0.2, 0) is 5.41 Å². The van der Waals surface area contributed by atoms with Gasteiger partial charge in [-0.25, -0.2) is 0 Å². The van der Waals surface area contributed by atoms with E-state index in [1.807, 2.05) is 0 Å². The van der Waals surface area contributed by atoms with Crippen molar-refractivity contribution in [3.05, 3.63) is 252 Å². The first-order valence-electron chi connectivity index (χ1n) is 21.4. The Labute approximate surface area is 352 Å². The first-order valence-corrected chi connectivity index (χ1v) is 21.4. The number of allylic oxidation sites excluding steroid dienone is 8. The Kier molecular flexibility index (Phi) is 8.10. The zero-order valence-corrected chi connectivity index (χ0v) is 33.4. The number of rotatable bonds is 6. The summed E-state index contributed by atoms with van der Waals surface area (Å²) >= 11 is 0. The molecule has 1 nitrogen and oxygen atoms in total. The number of anilines is 3. The maximum atomic E-state index is 2.56. The molecule has 3 unspecified atom stereocenters. The summed E-state index contributed by atoms with van der Waals surface area (Å²) < 4.78 is 0. The Morgan fingerprint density at radius 2 is 1.13 bits per heavy atom. The first kappa shape index (κ1) is 34.8. The van der Waals surface area contributed by atoms with Crippen LogP contribution >= 0.6 is 0 Å². The van der Waals surface area contributed by atoms with Gasteiger partial charge in [-0.2, -0.15) is 0 Å². The van der Waals surface area contributed by atoms with E-state index in [-0.39, 0.29) is 11.3 Å². The minimum absolute atomic E-state index is 0.221. The average Bonchev–Trinajstić information content (AvgIpc) is 3.79. The van der Waals surface area contributed by atoms with Gasteiger partial charge in [0, 0.05) is 28.8 Å². The number of fused-ring (bicyclic) bond motifs is 11. The van der Waals surface area contributed by atoms with Crippen molar-refractivity contribution < 1.29 is 0 Å². The molecule has 0 amide bonds. The van der Waals surface area contributed by atoms with Gasteiger partial charge in [-0.15, -0.1) is 0 Å². The molecule has 284 valence electrons. The molecule has 0 fully saturated rings. The first-order chi connectivity index (χ1) is 29.8. The van der Waals surface area contributed by atoms with Crippen molar-refractivity contribution >= 4 is 33.4 Å². The minimum Gasteiger partial charge on any atom is -0.310 e. The van der Waals surface area contributed by atoms with Crippen LogP contribution in [0, 0.1) is 5.92 Å². The molecule has 1 spiro atoms. The minimum atomic E-state index is -0.221. The van der Waals surface area contributed by atoms with Gasteiger partial charge in [-0.3, -0.25) is 0 Å². The predicted octanol–water partition coefficient (Wildman–Crippen LogP) is 15.6. The molecule has 0 bridgehead atoms. The number of hydrogen-bond donors (Lipinski definition) is 0.